The SMILES string of the molecule is O=C1/C(=C/c2c(Cl)cccc2Cl)Oc2c1ccc1c2CN(Cc2ccccc2)CO1. The molecule has 0 fully saturated rings. The third-order valence-electron chi connectivity index (χ3n) is 5.21. The van der Waals surface area contributed by atoms with Crippen LogP contribution in [0, 0.1) is 0 Å². The number of hydrogen-bond donors (Lipinski definition) is 0. The van der Waals surface area contributed by atoms with Crippen LogP contribution in [-0.2, 0) is 13.1 Å². The summed E-state index contributed by atoms with van der Waals surface area (Å²) in [6.45, 7) is 1.85. The molecule has 4 nitrogen and oxygen atoms in total. The van der Waals surface area contributed by atoms with Gasteiger partial charge in [-0.2, -0.15) is 0 Å². The van der Waals surface area contributed by atoms with Gasteiger partial charge in [-0.05, 0) is 35.9 Å². The van der Waals surface area contributed by atoms with Crippen LogP contribution in [0.25, 0.3) is 6.08 Å². The number of fused-ring (bicyclic) bond motifs is 3. The van der Waals surface area contributed by atoms with Crippen molar-refractivity contribution in [2.45, 2.75) is 13.1 Å². The predicted octanol–water partition coefficient (Wildman–Crippen LogP) is 5.96. The molecule has 5 rings (SSSR count). The molecule has 0 spiro atoms. The molecule has 0 bridgehead atoms. The average Bonchev–Trinajstić information content (AvgIpc) is 3.07. The van der Waals surface area contributed by atoms with Crippen molar-refractivity contribution in [3.63, 3.8) is 0 Å². The highest BCUT2D eigenvalue weighted by atomic mass is 35.5. The molecule has 2 heterocycles. The van der Waals surface area contributed by atoms with E-state index in [9.17, 15) is 4.79 Å². The third kappa shape index (κ3) is 3.47. The maximum Gasteiger partial charge on any atom is 0.231 e. The molecule has 3 aromatic rings. The van der Waals surface area contributed by atoms with Crippen molar-refractivity contribution in [2.24, 2.45) is 0 Å². The smallest absolute Gasteiger partial charge is 0.231 e. The van der Waals surface area contributed by atoms with Crippen molar-refractivity contribution in [3.8, 4) is 11.5 Å². The van der Waals surface area contributed by atoms with E-state index in [1.54, 1.807) is 30.3 Å². The summed E-state index contributed by atoms with van der Waals surface area (Å²) in [5, 5.41) is 0.920. The predicted molar refractivity (Wildman–Crippen MR) is 117 cm³/mol. The second kappa shape index (κ2) is 7.80. The number of ketones is 1. The Morgan fingerprint density at radius 3 is 2.50 bits per heavy atom. The lowest BCUT2D eigenvalue weighted by molar-refractivity contribution is 0.0873. The van der Waals surface area contributed by atoms with Gasteiger partial charge in [0.1, 0.15) is 18.2 Å². The molecule has 30 heavy (non-hydrogen) atoms. The lowest BCUT2D eigenvalue weighted by Gasteiger charge is -2.29. The van der Waals surface area contributed by atoms with Gasteiger partial charge in [-0.25, -0.2) is 0 Å². The molecule has 2 aliphatic heterocycles. The largest absolute Gasteiger partial charge is 0.478 e. The fourth-order valence-electron chi connectivity index (χ4n) is 3.73. The normalized spacial score (nSPS) is 16.7. The third-order valence-corrected chi connectivity index (χ3v) is 5.87. The molecule has 0 unspecified atom stereocenters. The highest BCUT2D eigenvalue weighted by Crippen LogP contribution is 2.42. The summed E-state index contributed by atoms with van der Waals surface area (Å²) in [5.41, 5.74) is 3.15. The first-order chi connectivity index (χ1) is 14.6. The Morgan fingerprint density at radius 1 is 0.967 bits per heavy atom. The zero-order chi connectivity index (χ0) is 20.7. The molecule has 0 atom stereocenters. The Morgan fingerprint density at radius 2 is 1.73 bits per heavy atom. The average molecular weight is 438 g/mol. The van der Waals surface area contributed by atoms with Crippen LogP contribution in [0.2, 0.25) is 10.0 Å². The maximum atomic E-state index is 12.9. The summed E-state index contributed by atoms with van der Waals surface area (Å²) >= 11 is 12.5. The van der Waals surface area contributed by atoms with Gasteiger partial charge in [0.15, 0.2) is 5.76 Å². The first-order valence-electron chi connectivity index (χ1n) is 9.53. The molecule has 0 N–H and O–H groups in total. The van der Waals surface area contributed by atoms with Gasteiger partial charge in [-0.15, -0.1) is 0 Å². The van der Waals surface area contributed by atoms with E-state index >= 15 is 0 Å². The second-order valence-electron chi connectivity index (χ2n) is 7.24. The van der Waals surface area contributed by atoms with E-state index in [4.69, 9.17) is 32.7 Å². The minimum absolute atomic E-state index is 0.191. The first kappa shape index (κ1) is 19.2. The highest BCUT2D eigenvalue weighted by Gasteiger charge is 2.33. The summed E-state index contributed by atoms with van der Waals surface area (Å²) in [7, 11) is 0. The molecule has 2 aliphatic rings. The second-order valence-corrected chi connectivity index (χ2v) is 8.05. The Bertz CT molecular complexity index is 1150. The van der Waals surface area contributed by atoms with Crippen LogP contribution in [0.4, 0.5) is 0 Å². The van der Waals surface area contributed by atoms with E-state index in [1.165, 1.54) is 5.56 Å². The summed E-state index contributed by atoms with van der Waals surface area (Å²) in [6.07, 6.45) is 1.60. The molecular formula is C24H17Cl2NO3. The van der Waals surface area contributed by atoms with Gasteiger partial charge in [-0.3, -0.25) is 9.69 Å². The lowest BCUT2D eigenvalue weighted by Crippen LogP contribution is -2.31. The molecule has 0 saturated carbocycles. The number of carbonyl (C=O) groups excluding carboxylic acids is 1. The van der Waals surface area contributed by atoms with Crippen LogP contribution >= 0.6 is 23.2 Å². The van der Waals surface area contributed by atoms with E-state index < -0.39 is 0 Å². The number of benzene rings is 3. The molecular weight excluding hydrogens is 421 g/mol. The Hall–Kier alpha value is -2.79. The molecule has 0 radical (unpaired) electrons. The van der Waals surface area contributed by atoms with E-state index in [2.05, 4.69) is 17.0 Å². The molecule has 0 amide bonds. The van der Waals surface area contributed by atoms with E-state index in [0.29, 0.717) is 40.2 Å². The van der Waals surface area contributed by atoms with E-state index in [-0.39, 0.29) is 11.5 Å². The van der Waals surface area contributed by atoms with Gasteiger partial charge in [0.2, 0.25) is 5.78 Å². The van der Waals surface area contributed by atoms with Crippen molar-refractivity contribution in [2.75, 3.05) is 6.73 Å². The number of allylic oxidation sites excluding steroid dienone is 1. The molecule has 150 valence electrons. The standard InChI is InChI=1S/C24H17Cl2NO3/c25-19-7-4-8-20(26)17(19)11-22-23(28)16-9-10-21-18(24(16)30-22)13-27(14-29-21)12-15-5-2-1-3-6-15/h1-11H,12-14H2/b22-11-. The lowest BCUT2D eigenvalue weighted by atomic mass is 10.0. The number of carbonyl (C=O) groups is 1. The van der Waals surface area contributed by atoms with Crippen LogP contribution in [0.1, 0.15) is 27.0 Å². The van der Waals surface area contributed by atoms with Crippen LogP contribution < -0.4 is 9.47 Å². The van der Waals surface area contributed by atoms with Gasteiger partial charge in [-0.1, -0.05) is 59.6 Å². The first-order valence-corrected chi connectivity index (χ1v) is 10.3. The topological polar surface area (TPSA) is 38.8 Å². The van der Waals surface area contributed by atoms with Crippen LogP contribution in [0.3, 0.4) is 0 Å². The zero-order valence-electron chi connectivity index (χ0n) is 15.9. The fraction of sp³-hybridized carbons (Fsp3) is 0.125. The quantitative estimate of drug-likeness (QED) is 0.473. The zero-order valence-corrected chi connectivity index (χ0v) is 17.4. The van der Waals surface area contributed by atoms with E-state index in [0.717, 1.165) is 17.9 Å². The van der Waals surface area contributed by atoms with Crippen LogP contribution in [-0.4, -0.2) is 17.4 Å². The molecule has 0 aromatic heterocycles. The Labute approximate surface area is 184 Å². The molecule has 0 aliphatic carbocycles. The fourth-order valence-corrected chi connectivity index (χ4v) is 4.23. The van der Waals surface area contributed by atoms with Gasteiger partial charge in [0.25, 0.3) is 0 Å². The number of Topliss-reactive ketones (excluding diaryl/α,β-unsaturated/α-hetero) is 1. The highest BCUT2D eigenvalue weighted by molar-refractivity contribution is 6.37. The summed E-state index contributed by atoms with van der Waals surface area (Å²) in [6, 6.07) is 19.0. The number of hydrogen-bond acceptors (Lipinski definition) is 4. The van der Waals surface area contributed by atoms with Crippen LogP contribution in [0.5, 0.6) is 11.5 Å². The van der Waals surface area contributed by atoms with Crippen LogP contribution in [0.15, 0.2) is 66.4 Å². The molecule has 6 heteroatoms. The summed E-state index contributed by atoms with van der Waals surface area (Å²) < 4.78 is 12.0. The number of ether oxygens (including phenoxy) is 2. The molecule has 3 aromatic carbocycles. The molecule has 0 saturated heterocycles. The monoisotopic (exact) mass is 437 g/mol. The van der Waals surface area contributed by atoms with Gasteiger partial charge in [0.05, 0.1) is 11.1 Å². The summed E-state index contributed by atoms with van der Waals surface area (Å²) in [4.78, 5) is 15.1. The minimum atomic E-state index is -0.191. The van der Waals surface area contributed by atoms with Crippen molar-refractivity contribution < 1.29 is 14.3 Å². The van der Waals surface area contributed by atoms with Crippen molar-refractivity contribution in [1.82, 2.24) is 4.90 Å². The van der Waals surface area contributed by atoms with E-state index in [1.807, 2.05) is 24.3 Å². The van der Waals surface area contributed by atoms with Gasteiger partial charge >= 0.3 is 0 Å². The van der Waals surface area contributed by atoms with Gasteiger partial charge in [0, 0.05) is 28.7 Å². The van der Waals surface area contributed by atoms with Gasteiger partial charge < -0.3 is 9.47 Å². The number of nitrogens with zero attached hydrogens (tertiary/aromatic N) is 1. The minimum Gasteiger partial charge on any atom is -0.478 e. The number of rotatable bonds is 3. The maximum absolute atomic E-state index is 12.9. The Balaban J connectivity index is 1.46. The Kier molecular flexibility index (Phi) is 4.99. The summed E-state index contributed by atoms with van der Waals surface area (Å²) in [5.74, 6) is 1.30. The van der Waals surface area contributed by atoms with Crippen molar-refractivity contribution in [1.29, 1.82) is 0 Å². The number of halogens is 2. The van der Waals surface area contributed by atoms with Crippen molar-refractivity contribution in [3.05, 3.63) is 98.7 Å². The van der Waals surface area contributed by atoms with Crippen molar-refractivity contribution >= 4 is 35.1 Å².